The van der Waals surface area contributed by atoms with Gasteiger partial charge in [-0.3, -0.25) is 9.59 Å². The van der Waals surface area contributed by atoms with Crippen molar-refractivity contribution in [3.63, 3.8) is 0 Å². The summed E-state index contributed by atoms with van der Waals surface area (Å²) in [6.07, 6.45) is 4.22. The number of fused-ring (bicyclic) bond motifs is 1. The van der Waals surface area contributed by atoms with Crippen molar-refractivity contribution in [3.05, 3.63) is 44.8 Å². The predicted molar refractivity (Wildman–Crippen MR) is 111 cm³/mol. The standard InChI is InChI=1S/C21H20ClN3O2S/c1-12-16(22)6-4-7-17(12)25-11-13(9-19(25)26)20(27)24-21-15(10-23)14-5-2-3-8-18(14)28-21/h4,6-7,13H,2-3,5,8-9,11H2,1H3,(H,24,27)/t13-/m0/s1. The van der Waals surface area contributed by atoms with E-state index in [0.29, 0.717) is 22.1 Å². The third kappa shape index (κ3) is 3.30. The molecule has 2 aliphatic rings. The molecule has 2 aromatic rings. The lowest BCUT2D eigenvalue weighted by Crippen LogP contribution is -2.28. The highest BCUT2D eigenvalue weighted by Crippen LogP contribution is 2.38. The van der Waals surface area contributed by atoms with E-state index in [1.165, 1.54) is 16.2 Å². The van der Waals surface area contributed by atoms with Gasteiger partial charge in [-0.15, -0.1) is 11.3 Å². The number of nitrogens with zero attached hydrogens (tertiary/aromatic N) is 2. The Kier molecular flexibility index (Phi) is 5.13. The molecule has 1 N–H and O–H groups in total. The van der Waals surface area contributed by atoms with Crippen molar-refractivity contribution >= 4 is 45.4 Å². The smallest absolute Gasteiger partial charge is 0.230 e. The molecule has 1 aromatic heterocycles. The normalized spacial score (nSPS) is 18.7. The second kappa shape index (κ2) is 7.57. The summed E-state index contributed by atoms with van der Waals surface area (Å²) < 4.78 is 0. The maximum Gasteiger partial charge on any atom is 0.230 e. The first-order chi connectivity index (χ1) is 13.5. The Morgan fingerprint density at radius 1 is 1.36 bits per heavy atom. The number of benzene rings is 1. The van der Waals surface area contributed by atoms with E-state index in [0.717, 1.165) is 42.5 Å². The van der Waals surface area contributed by atoms with Crippen molar-refractivity contribution < 1.29 is 9.59 Å². The molecule has 0 bridgehead atoms. The Balaban J connectivity index is 1.53. The van der Waals surface area contributed by atoms with Crippen LogP contribution in [-0.2, 0) is 22.4 Å². The van der Waals surface area contributed by atoms with E-state index in [9.17, 15) is 14.9 Å². The van der Waals surface area contributed by atoms with Gasteiger partial charge in [0.25, 0.3) is 0 Å². The van der Waals surface area contributed by atoms with Gasteiger partial charge in [0.05, 0.1) is 11.5 Å². The summed E-state index contributed by atoms with van der Waals surface area (Å²) in [7, 11) is 0. The fourth-order valence-electron chi connectivity index (χ4n) is 3.99. The molecule has 1 aliphatic heterocycles. The third-order valence-corrected chi connectivity index (χ3v) is 7.16. The molecule has 28 heavy (non-hydrogen) atoms. The van der Waals surface area contributed by atoms with E-state index in [2.05, 4.69) is 11.4 Å². The number of rotatable bonds is 3. The predicted octanol–water partition coefficient (Wildman–Crippen LogP) is 4.45. The Morgan fingerprint density at radius 3 is 2.93 bits per heavy atom. The van der Waals surface area contributed by atoms with Gasteiger partial charge in [-0.25, -0.2) is 0 Å². The zero-order valence-corrected chi connectivity index (χ0v) is 17.1. The Bertz CT molecular complexity index is 1010. The summed E-state index contributed by atoms with van der Waals surface area (Å²) in [6, 6.07) is 7.70. The molecule has 0 spiro atoms. The second-order valence-corrected chi connectivity index (χ2v) is 8.82. The Hall–Kier alpha value is -2.36. The lowest BCUT2D eigenvalue weighted by molar-refractivity contribution is -0.122. The highest BCUT2D eigenvalue weighted by Gasteiger charge is 2.36. The summed E-state index contributed by atoms with van der Waals surface area (Å²) in [4.78, 5) is 28.2. The number of nitriles is 1. The van der Waals surface area contributed by atoms with Gasteiger partial charge in [0.15, 0.2) is 0 Å². The maximum absolute atomic E-state index is 12.9. The van der Waals surface area contributed by atoms with Crippen molar-refractivity contribution in [2.75, 3.05) is 16.8 Å². The molecular weight excluding hydrogens is 394 g/mol. The number of thiophene rings is 1. The van der Waals surface area contributed by atoms with Crippen LogP contribution < -0.4 is 10.2 Å². The first kappa shape index (κ1) is 19.0. The minimum Gasteiger partial charge on any atom is -0.316 e. The molecule has 7 heteroatoms. The number of anilines is 2. The van der Waals surface area contributed by atoms with Crippen molar-refractivity contribution in [2.45, 2.75) is 39.0 Å². The lowest BCUT2D eigenvalue weighted by atomic mass is 9.96. The summed E-state index contributed by atoms with van der Waals surface area (Å²) in [5.41, 5.74) is 3.26. The Morgan fingerprint density at radius 2 is 2.14 bits per heavy atom. The first-order valence-electron chi connectivity index (χ1n) is 9.40. The minimum atomic E-state index is -0.448. The molecule has 1 atom stereocenters. The van der Waals surface area contributed by atoms with Gasteiger partial charge in [-0.05, 0) is 55.9 Å². The monoisotopic (exact) mass is 413 g/mol. The van der Waals surface area contributed by atoms with Crippen molar-refractivity contribution in [1.82, 2.24) is 0 Å². The van der Waals surface area contributed by atoms with Crippen LogP contribution >= 0.6 is 22.9 Å². The van der Waals surface area contributed by atoms with Crippen LogP contribution in [0.15, 0.2) is 18.2 Å². The number of hydrogen-bond acceptors (Lipinski definition) is 4. The van der Waals surface area contributed by atoms with E-state index in [4.69, 9.17) is 11.6 Å². The summed E-state index contributed by atoms with van der Waals surface area (Å²) in [5, 5.41) is 13.7. The molecule has 0 saturated carbocycles. The summed E-state index contributed by atoms with van der Waals surface area (Å²) in [6.45, 7) is 2.19. The van der Waals surface area contributed by atoms with Crippen LogP contribution in [0.4, 0.5) is 10.7 Å². The van der Waals surface area contributed by atoms with Crippen LogP contribution in [-0.4, -0.2) is 18.4 Å². The molecule has 2 amide bonds. The summed E-state index contributed by atoms with van der Waals surface area (Å²) >= 11 is 7.69. The van der Waals surface area contributed by atoms with Gasteiger partial charge in [0.2, 0.25) is 11.8 Å². The molecule has 144 valence electrons. The molecular formula is C21H20ClN3O2S. The van der Waals surface area contributed by atoms with Crippen LogP contribution in [0.2, 0.25) is 5.02 Å². The molecule has 1 aliphatic carbocycles. The van der Waals surface area contributed by atoms with Crippen LogP contribution in [0, 0.1) is 24.2 Å². The van der Waals surface area contributed by atoms with E-state index in [-0.39, 0.29) is 18.2 Å². The number of carbonyl (C=O) groups is 2. The fourth-order valence-corrected chi connectivity index (χ4v) is 5.40. The number of hydrogen-bond donors (Lipinski definition) is 1. The quantitative estimate of drug-likeness (QED) is 0.807. The molecule has 5 nitrogen and oxygen atoms in total. The number of halogens is 1. The van der Waals surface area contributed by atoms with Crippen LogP contribution in [0.25, 0.3) is 0 Å². The van der Waals surface area contributed by atoms with Gasteiger partial charge < -0.3 is 10.2 Å². The van der Waals surface area contributed by atoms with Crippen molar-refractivity contribution in [1.29, 1.82) is 5.26 Å². The van der Waals surface area contributed by atoms with Crippen molar-refractivity contribution in [2.24, 2.45) is 5.92 Å². The molecule has 0 radical (unpaired) electrons. The highest BCUT2D eigenvalue weighted by molar-refractivity contribution is 7.16. The zero-order valence-electron chi connectivity index (χ0n) is 15.5. The van der Waals surface area contributed by atoms with Gasteiger partial charge in [0.1, 0.15) is 11.1 Å². The third-order valence-electron chi connectivity index (χ3n) is 5.55. The Labute approximate surface area is 172 Å². The molecule has 2 heterocycles. The SMILES string of the molecule is Cc1c(Cl)cccc1N1C[C@@H](C(=O)Nc2sc3c(c2C#N)CCCC3)CC1=O. The summed E-state index contributed by atoms with van der Waals surface area (Å²) in [5.74, 6) is -0.737. The number of carbonyl (C=O) groups excluding carboxylic acids is 2. The van der Waals surface area contributed by atoms with Crippen molar-refractivity contribution in [3.8, 4) is 6.07 Å². The van der Waals surface area contributed by atoms with E-state index < -0.39 is 5.92 Å². The molecule has 1 aromatic carbocycles. The van der Waals surface area contributed by atoms with Gasteiger partial charge >= 0.3 is 0 Å². The average Bonchev–Trinajstić information content (AvgIpc) is 3.24. The van der Waals surface area contributed by atoms with Gasteiger partial charge in [-0.1, -0.05) is 17.7 Å². The van der Waals surface area contributed by atoms with E-state index >= 15 is 0 Å². The lowest BCUT2D eigenvalue weighted by Gasteiger charge is -2.19. The molecule has 0 unspecified atom stereocenters. The number of amides is 2. The average molecular weight is 414 g/mol. The zero-order chi connectivity index (χ0) is 19.8. The van der Waals surface area contributed by atoms with Crippen LogP contribution in [0.1, 0.15) is 40.8 Å². The number of nitrogens with one attached hydrogen (secondary N) is 1. The fraction of sp³-hybridized carbons (Fsp3) is 0.381. The van der Waals surface area contributed by atoms with Crippen LogP contribution in [0.3, 0.4) is 0 Å². The molecule has 1 fully saturated rings. The maximum atomic E-state index is 12.9. The largest absolute Gasteiger partial charge is 0.316 e. The second-order valence-electron chi connectivity index (χ2n) is 7.31. The number of aryl methyl sites for hydroxylation is 1. The minimum absolute atomic E-state index is 0.0866. The first-order valence-corrected chi connectivity index (χ1v) is 10.6. The van der Waals surface area contributed by atoms with Gasteiger partial charge in [-0.2, -0.15) is 5.26 Å². The topological polar surface area (TPSA) is 73.2 Å². The van der Waals surface area contributed by atoms with Gasteiger partial charge in [0, 0.05) is 28.6 Å². The highest BCUT2D eigenvalue weighted by atomic mass is 35.5. The molecule has 1 saturated heterocycles. The van der Waals surface area contributed by atoms with E-state index in [1.54, 1.807) is 17.0 Å². The molecule has 4 rings (SSSR count). The van der Waals surface area contributed by atoms with E-state index in [1.807, 2.05) is 13.0 Å². The van der Waals surface area contributed by atoms with Crippen LogP contribution in [0.5, 0.6) is 0 Å².